The summed E-state index contributed by atoms with van der Waals surface area (Å²) in [6.45, 7) is 0.705. The van der Waals surface area contributed by atoms with E-state index in [0.717, 1.165) is 22.0 Å². The SMILES string of the molecule is COc1cc(OC)c(/C=C/C(=O)/C=C/c2cn(Cc3ccc(Cl)cc3)c3ccccc23)c(OC)c1. The van der Waals surface area contributed by atoms with Gasteiger partial charge in [0.25, 0.3) is 0 Å². The summed E-state index contributed by atoms with van der Waals surface area (Å²) >= 11 is 6.02. The average molecular weight is 488 g/mol. The highest BCUT2D eigenvalue weighted by molar-refractivity contribution is 6.30. The van der Waals surface area contributed by atoms with Crippen LogP contribution in [0, 0.1) is 0 Å². The summed E-state index contributed by atoms with van der Waals surface area (Å²) in [5.41, 5.74) is 3.87. The number of hydrogen-bond acceptors (Lipinski definition) is 4. The number of para-hydroxylation sites is 1. The third kappa shape index (κ3) is 5.58. The molecule has 0 unspecified atom stereocenters. The van der Waals surface area contributed by atoms with Crippen LogP contribution in [-0.4, -0.2) is 31.7 Å². The van der Waals surface area contributed by atoms with E-state index in [-0.39, 0.29) is 5.78 Å². The van der Waals surface area contributed by atoms with E-state index in [2.05, 4.69) is 22.9 Å². The number of ether oxygens (including phenoxy) is 3. The van der Waals surface area contributed by atoms with Crippen LogP contribution < -0.4 is 14.2 Å². The lowest BCUT2D eigenvalue weighted by molar-refractivity contribution is -0.110. The molecule has 35 heavy (non-hydrogen) atoms. The van der Waals surface area contributed by atoms with Crippen molar-refractivity contribution in [3.05, 3.63) is 101 Å². The molecule has 1 heterocycles. The van der Waals surface area contributed by atoms with Crippen LogP contribution >= 0.6 is 11.6 Å². The Labute approximate surface area is 209 Å². The molecule has 0 aliphatic carbocycles. The Kier molecular flexibility index (Phi) is 7.58. The minimum absolute atomic E-state index is 0.153. The van der Waals surface area contributed by atoms with Gasteiger partial charge < -0.3 is 18.8 Å². The Morgan fingerprint density at radius 1 is 0.886 bits per heavy atom. The van der Waals surface area contributed by atoms with Crippen LogP contribution in [0.5, 0.6) is 17.2 Å². The third-order valence-corrected chi connectivity index (χ3v) is 5.93. The van der Waals surface area contributed by atoms with Gasteiger partial charge in [-0.25, -0.2) is 0 Å². The summed E-state index contributed by atoms with van der Waals surface area (Å²) in [5, 5.41) is 1.79. The topological polar surface area (TPSA) is 49.7 Å². The lowest BCUT2D eigenvalue weighted by atomic mass is 10.1. The van der Waals surface area contributed by atoms with E-state index in [9.17, 15) is 4.79 Å². The Bertz CT molecular complexity index is 1380. The number of halogens is 1. The van der Waals surface area contributed by atoms with Crippen molar-refractivity contribution < 1.29 is 19.0 Å². The highest BCUT2D eigenvalue weighted by Gasteiger charge is 2.11. The molecular formula is C29H26ClNO4. The van der Waals surface area contributed by atoms with Crippen molar-refractivity contribution in [2.75, 3.05) is 21.3 Å². The highest BCUT2D eigenvalue weighted by atomic mass is 35.5. The second-order valence-corrected chi connectivity index (χ2v) is 8.31. The van der Waals surface area contributed by atoms with Gasteiger partial charge in [0.15, 0.2) is 5.78 Å². The number of allylic oxidation sites excluding steroid dienone is 2. The van der Waals surface area contributed by atoms with Crippen LogP contribution in [-0.2, 0) is 11.3 Å². The molecule has 4 rings (SSSR count). The van der Waals surface area contributed by atoms with Crippen molar-refractivity contribution in [3.63, 3.8) is 0 Å². The van der Waals surface area contributed by atoms with E-state index >= 15 is 0 Å². The Balaban J connectivity index is 1.58. The number of fused-ring (bicyclic) bond motifs is 1. The largest absolute Gasteiger partial charge is 0.496 e. The molecule has 0 aliphatic rings. The highest BCUT2D eigenvalue weighted by Crippen LogP contribution is 2.35. The second kappa shape index (κ2) is 11.0. The molecule has 0 amide bonds. The lowest BCUT2D eigenvalue weighted by Crippen LogP contribution is -1.97. The van der Waals surface area contributed by atoms with E-state index in [1.807, 2.05) is 42.5 Å². The maximum Gasteiger partial charge on any atom is 0.178 e. The standard InChI is InChI=1S/C29H26ClNO4/c1-33-24-16-28(34-2)26(29(17-24)35-3)15-14-23(32)13-10-21-19-31(27-7-5-4-6-25(21)27)18-20-8-11-22(30)12-9-20/h4-17,19H,18H2,1-3H3/b13-10+,15-14+. The maximum absolute atomic E-state index is 12.7. The summed E-state index contributed by atoms with van der Waals surface area (Å²) < 4.78 is 18.3. The first-order valence-electron chi connectivity index (χ1n) is 11.0. The zero-order valence-electron chi connectivity index (χ0n) is 19.8. The van der Waals surface area contributed by atoms with Crippen molar-refractivity contribution in [1.82, 2.24) is 4.57 Å². The monoisotopic (exact) mass is 487 g/mol. The van der Waals surface area contributed by atoms with Gasteiger partial charge in [-0.15, -0.1) is 0 Å². The third-order valence-electron chi connectivity index (χ3n) is 5.68. The second-order valence-electron chi connectivity index (χ2n) is 7.87. The van der Waals surface area contributed by atoms with Crippen LogP contribution in [0.1, 0.15) is 16.7 Å². The van der Waals surface area contributed by atoms with Gasteiger partial charge in [0, 0.05) is 46.4 Å². The zero-order chi connectivity index (χ0) is 24.8. The Morgan fingerprint density at radius 3 is 2.20 bits per heavy atom. The number of rotatable bonds is 9. The summed E-state index contributed by atoms with van der Waals surface area (Å²) in [4.78, 5) is 12.7. The van der Waals surface area contributed by atoms with Gasteiger partial charge in [0.1, 0.15) is 17.2 Å². The fourth-order valence-corrected chi connectivity index (χ4v) is 4.04. The van der Waals surface area contributed by atoms with Gasteiger partial charge in [0.05, 0.1) is 26.9 Å². The van der Waals surface area contributed by atoms with Crippen LogP contribution in [0.3, 0.4) is 0 Å². The summed E-state index contributed by atoms with van der Waals surface area (Å²) in [6, 6.07) is 19.4. The van der Waals surface area contributed by atoms with E-state index in [0.29, 0.717) is 34.4 Å². The molecule has 178 valence electrons. The quantitative estimate of drug-likeness (QED) is 0.247. The van der Waals surface area contributed by atoms with E-state index < -0.39 is 0 Å². The fraction of sp³-hybridized carbons (Fsp3) is 0.138. The molecule has 3 aromatic carbocycles. The fourth-order valence-electron chi connectivity index (χ4n) is 3.92. The van der Waals surface area contributed by atoms with E-state index in [1.54, 1.807) is 45.6 Å². The molecule has 0 bridgehead atoms. The molecule has 0 spiro atoms. The number of nitrogens with zero attached hydrogens (tertiary/aromatic N) is 1. The number of hydrogen-bond donors (Lipinski definition) is 0. The van der Waals surface area contributed by atoms with Crippen LogP contribution in [0.25, 0.3) is 23.1 Å². The van der Waals surface area contributed by atoms with Gasteiger partial charge in [-0.3, -0.25) is 4.79 Å². The molecular weight excluding hydrogens is 462 g/mol. The minimum Gasteiger partial charge on any atom is -0.496 e. The van der Waals surface area contributed by atoms with Crippen LogP contribution in [0.2, 0.25) is 5.02 Å². The molecule has 5 nitrogen and oxygen atoms in total. The predicted molar refractivity (Wildman–Crippen MR) is 142 cm³/mol. The van der Waals surface area contributed by atoms with E-state index in [4.69, 9.17) is 25.8 Å². The normalized spacial score (nSPS) is 11.4. The smallest absolute Gasteiger partial charge is 0.178 e. The number of benzene rings is 3. The molecule has 0 aliphatic heterocycles. The number of methoxy groups -OCH3 is 3. The van der Waals surface area contributed by atoms with Gasteiger partial charge in [0.2, 0.25) is 0 Å². The molecule has 1 aromatic heterocycles. The summed E-state index contributed by atoms with van der Waals surface area (Å²) in [6.07, 6.45) is 8.65. The first kappa shape index (κ1) is 24.2. The zero-order valence-corrected chi connectivity index (χ0v) is 20.6. The molecule has 0 fully saturated rings. The van der Waals surface area contributed by atoms with Gasteiger partial charge >= 0.3 is 0 Å². The van der Waals surface area contributed by atoms with Gasteiger partial charge in [-0.2, -0.15) is 0 Å². The number of ketones is 1. The van der Waals surface area contributed by atoms with Crippen molar-refractivity contribution in [3.8, 4) is 17.2 Å². The first-order valence-corrected chi connectivity index (χ1v) is 11.4. The number of carbonyl (C=O) groups is 1. The summed E-state index contributed by atoms with van der Waals surface area (Å²) in [5.74, 6) is 1.57. The van der Waals surface area contributed by atoms with Crippen molar-refractivity contribution >= 4 is 40.4 Å². The van der Waals surface area contributed by atoms with Crippen LogP contribution in [0.15, 0.2) is 79.0 Å². The van der Waals surface area contributed by atoms with Gasteiger partial charge in [-0.1, -0.05) is 41.9 Å². The van der Waals surface area contributed by atoms with Crippen molar-refractivity contribution in [2.45, 2.75) is 6.54 Å². The van der Waals surface area contributed by atoms with Gasteiger partial charge in [-0.05, 0) is 48.1 Å². The van der Waals surface area contributed by atoms with E-state index in [1.165, 1.54) is 6.08 Å². The van der Waals surface area contributed by atoms with Crippen LogP contribution in [0.4, 0.5) is 0 Å². The molecule has 0 N–H and O–H groups in total. The average Bonchev–Trinajstić information content (AvgIpc) is 3.24. The lowest BCUT2D eigenvalue weighted by Gasteiger charge is -2.12. The van der Waals surface area contributed by atoms with Crippen molar-refractivity contribution in [1.29, 1.82) is 0 Å². The molecule has 4 aromatic rings. The molecule has 0 saturated heterocycles. The predicted octanol–water partition coefficient (Wildman–Crippen LogP) is 6.66. The summed E-state index contributed by atoms with van der Waals surface area (Å²) in [7, 11) is 4.70. The minimum atomic E-state index is -0.153. The maximum atomic E-state index is 12.7. The molecule has 0 saturated carbocycles. The Morgan fingerprint density at radius 2 is 1.54 bits per heavy atom. The van der Waals surface area contributed by atoms with Crippen molar-refractivity contribution in [2.24, 2.45) is 0 Å². The molecule has 0 radical (unpaired) electrons. The molecule has 0 atom stereocenters. The first-order chi connectivity index (χ1) is 17.0. The number of carbonyl (C=O) groups excluding carboxylic acids is 1. The Hall–Kier alpha value is -3.96. The molecule has 6 heteroatoms. The number of aromatic nitrogens is 1.